The molecule has 1 N–H and O–H groups in total. The van der Waals surface area contributed by atoms with E-state index >= 15 is 0 Å². The van der Waals surface area contributed by atoms with Gasteiger partial charge in [0.25, 0.3) is 0 Å². The van der Waals surface area contributed by atoms with Gasteiger partial charge in [-0.15, -0.1) is 11.3 Å². The molecular weight excluding hydrogens is 413 g/mol. The molecule has 0 radical (unpaired) electrons. The van der Waals surface area contributed by atoms with Gasteiger partial charge in [-0.3, -0.25) is 9.59 Å². The van der Waals surface area contributed by atoms with Crippen molar-refractivity contribution in [1.29, 1.82) is 0 Å². The van der Waals surface area contributed by atoms with E-state index in [1.807, 2.05) is 41.8 Å². The molecule has 2 heterocycles. The second-order valence-corrected chi connectivity index (χ2v) is 9.15. The number of halogens is 1. The first kappa shape index (κ1) is 19.9. The van der Waals surface area contributed by atoms with Crippen molar-refractivity contribution >= 4 is 23.0 Å². The van der Waals surface area contributed by atoms with Crippen LogP contribution in [0.25, 0.3) is 11.1 Å². The van der Waals surface area contributed by atoms with Crippen molar-refractivity contribution < 1.29 is 18.7 Å². The third-order valence-corrected chi connectivity index (χ3v) is 6.67. The number of carbonyl (C=O) groups is 2. The Morgan fingerprint density at radius 1 is 1.10 bits per heavy atom. The summed E-state index contributed by atoms with van der Waals surface area (Å²) >= 11 is 1.55. The predicted molar refractivity (Wildman–Crippen MR) is 118 cm³/mol. The number of Topliss-reactive ketones (excluding diaryl/α,β-unsaturated/α-hetero) is 1. The molecule has 4 nitrogen and oxygen atoms in total. The average Bonchev–Trinajstić information content (AvgIpc) is 3.33. The highest BCUT2D eigenvalue weighted by molar-refractivity contribution is 7.10. The average molecular weight is 436 g/mol. The molecule has 0 spiro atoms. The normalized spacial score (nSPS) is 17.1. The predicted octanol–water partition coefficient (Wildman–Crippen LogP) is 4.81. The lowest BCUT2D eigenvalue weighted by molar-refractivity contribution is -0.120. The van der Waals surface area contributed by atoms with Crippen LogP contribution in [0.1, 0.15) is 33.6 Å². The lowest BCUT2D eigenvalue weighted by atomic mass is 9.98. The Labute approximate surface area is 184 Å². The first-order chi connectivity index (χ1) is 15.1. The maximum absolute atomic E-state index is 14.5. The number of carbonyl (C=O) groups excluding carboxylic acids is 2. The minimum atomic E-state index is -0.311. The second kappa shape index (κ2) is 8.27. The van der Waals surface area contributed by atoms with E-state index in [0.717, 1.165) is 34.4 Å². The number of ether oxygens (including phenoxy) is 1. The van der Waals surface area contributed by atoms with Crippen molar-refractivity contribution in [1.82, 2.24) is 5.32 Å². The van der Waals surface area contributed by atoms with Gasteiger partial charge in [0, 0.05) is 33.9 Å². The minimum absolute atomic E-state index is 0.0707. The lowest BCUT2D eigenvalue weighted by Crippen LogP contribution is -2.35. The van der Waals surface area contributed by atoms with Gasteiger partial charge in [-0.1, -0.05) is 30.3 Å². The fourth-order valence-electron chi connectivity index (χ4n) is 3.96. The van der Waals surface area contributed by atoms with Crippen LogP contribution in [0.15, 0.2) is 53.9 Å². The molecule has 1 saturated carbocycles. The Hall–Kier alpha value is -2.99. The summed E-state index contributed by atoms with van der Waals surface area (Å²) in [5, 5.41) is 4.84. The highest BCUT2D eigenvalue weighted by Gasteiger charge is 2.31. The van der Waals surface area contributed by atoms with Gasteiger partial charge in [0.1, 0.15) is 17.7 Å². The largest absolute Gasteiger partial charge is 0.487 e. The maximum atomic E-state index is 14.5. The van der Waals surface area contributed by atoms with Crippen LogP contribution in [0.2, 0.25) is 0 Å². The van der Waals surface area contributed by atoms with Crippen LogP contribution in [-0.4, -0.2) is 24.3 Å². The van der Waals surface area contributed by atoms with Crippen molar-refractivity contribution in [2.75, 3.05) is 6.54 Å². The summed E-state index contributed by atoms with van der Waals surface area (Å²) in [5.41, 5.74) is 2.94. The molecule has 5 rings (SSSR count). The molecule has 1 aliphatic heterocycles. The standard InChI is InChI=1S/C25H22FNO3S/c26-22-10-9-20(15-3-5-16(6-4-15)24(29)17-7-8-17)25-21(22)12-18(30-25)14-27-23(28)13-19-2-1-11-31-19/h1-6,9-11,17-18H,7-8,12-14H2,(H,27,28)/t18-/m1/s1. The van der Waals surface area contributed by atoms with Crippen molar-refractivity contribution in [2.45, 2.75) is 31.8 Å². The van der Waals surface area contributed by atoms with Crippen LogP contribution >= 0.6 is 11.3 Å². The van der Waals surface area contributed by atoms with Crippen LogP contribution in [0, 0.1) is 11.7 Å². The number of fused-ring (bicyclic) bond motifs is 1. The summed E-state index contributed by atoms with van der Waals surface area (Å²) in [4.78, 5) is 25.4. The van der Waals surface area contributed by atoms with Gasteiger partial charge in [0.05, 0.1) is 13.0 Å². The zero-order valence-corrected chi connectivity index (χ0v) is 17.7. The van der Waals surface area contributed by atoms with E-state index in [-0.39, 0.29) is 29.5 Å². The Morgan fingerprint density at radius 2 is 1.90 bits per heavy atom. The Bertz CT molecular complexity index is 1120. The molecule has 158 valence electrons. The van der Waals surface area contributed by atoms with Crippen LogP contribution in [0.4, 0.5) is 4.39 Å². The van der Waals surface area contributed by atoms with E-state index in [9.17, 15) is 14.0 Å². The molecule has 0 saturated heterocycles. The van der Waals surface area contributed by atoms with Crippen LogP contribution in [0.5, 0.6) is 5.75 Å². The smallest absolute Gasteiger partial charge is 0.225 e. The molecule has 1 amide bonds. The second-order valence-electron chi connectivity index (χ2n) is 8.12. The van der Waals surface area contributed by atoms with Crippen molar-refractivity contribution in [3.63, 3.8) is 0 Å². The zero-order valence-electron chi connectivity index (χ0n) is 16.9. The van der Waals surface area contributed by atoms with E-state index < -0.39 is 0 Å². The Balaban J connectivity index is 1.28. The highest BCUT2D eigenvalue weighted by Crippen LogP contribution is 2.40. The van der Waals surface area contributed by atoms with Gasteiger partial charge in [0.15, 0.2) is 5.78 Å². The van der Waals surface area contributed by atoms with Gasteiger partial charge < -0.3 is 10.1 Å². The molecular formula is C25H22FNO3S. The Morgan fingerprint density at radius 3 is 2.61 bits per heavy atom. The fourth-order valence-corrected chi connectivity index (χ4v) is 4.67. The molecule has 1 atom stereocenters. The number of hydrogen-bond acceptors (Lipinski definition) is 4. The fraction of sp³-hybridized carbons (Fsp3) is 0.280. The zero-order chi connectivity index (χ0) is 21.4. The number of thiophene rings is 1. The number of hydrogen-bond donors (Lipinski definition) is 1. The third-order valence-electron chi connectivity index (χ3n) is 5.79. The number of benzene rings is 2. The lowest BCUT2D eigenvalue weighted by Gasteiger charge is -2.14. The molecule has 1 aromatic heterocycles. The summed E-state index contributed by atoms with van der Waals surface area (Å²) in [7, 11) is 0. The molecule has 3 aromatic rings. The summed E-state index contributed by atoms with van der Waals surface area (Å²) in [6, 6.07) is 14.5. The van der Waals surface area contributed by atoms with E-state index in [1.54, 1.807) is 17.4 Å². The van der Waals surface area contributed by atoms with Crippen LogP contribution in [0.3, 0.4) is 0 Å². The molecule has 0 unspecified atom stereocenters. The van der Waals surface area contributed by atoms with Gasteiger partial charge in [0.2, 0.25) is 5.91 Å². The van der Waals surface area contributed by atoms with Gasteiger partial charge in [-0.2, -0.15) is 0 Å². The number of rotatable bonds is 7. The minimum Gasteiger partial charge on any atom is -0.487 e. The van der Waals surface area contributed by atoms with E-state index in [4.69, 9.17) is 4.74 Å². The summed E-state index contributed by atoms with van der Waals surface area (Å²) in [6.45, 7) is 0.326. The highest BCUT2D eigenvalue weighted by atomic mass is 32.1. The quantitative estimate of drug-likeness (QED) is 0.542. The van der Waals surface area contributed by atoms with Crippen molar-refractivity contribution in [2.24, 2.45) is 5.92 Å². The number of amides is 1. The van der Waals surface area contributed by atoms with Crippen LogP contribution < -0.4 is 10.1 Å². The van der Waals surface area contributed by atoms with Gasteiger partial charge in [-0.25, -0.2) is 4.39 Å². The van der Waals surface area contributed by atoms with Crippen LogP contribution in [-0.2, 0) is 17.6 Å². The molecule has 2 aromatic carbocycles. The maximum Gasteiger partial charge on any atom is 0.225 e. The summed E-state index contributed by atoms with van der Waals surface area (Å²) in [5.74, 6) is 0.537. The topological polar surface area (TPSA) is 55.4 Å². The SMILES string of the molecule is O=C(Cc1cccs1)NC[C@H]1Cc2c(F)ccc(-c3ccc(C(=O)C4CC4)cc3)c2O1. The monoisotopic (exact) mass is 435 g/mol. The molecule has 1 aliphatic carbocycles. The van der Waals surface area contributed by atoms with E-state index in [0.29, 0.717) is 30.7 Å². The Kier molecular flexibility index (Phi) is 5.32. The van der Waals surface area contributed by atoms with Gasteiger partial charge >= 0.3 is 0 Å². The number of ketones is 1. The third kappa shape index (κ3) is 4.26. The number of nitrogens with one attached hydrogen (secondary N) is 1. The van der Waals surface area contributed by atoms with Crippen molar-refractivity contribution in [3.8, 4) is 16.9 Å². The first-order valence-corrected chi connectivity index (χ1v) is 11.4. The molecule has 2 aliphatic rings. The molecule has 6 heteroatoms. The van der Waals surface area contributed by atoms with E-state index in [1.165, 1.54) is 6.07 Å². The first-order valence-electron chi connectivity index (χ1n) is 10.5. The molecule has 1 fully saturated rings. The summed E-state index contributed by atoms with van der Waals surface area (Å²) in [6.07, 6.45) is 2.39. The van der Waals surface area contributed by atoms with E-state index in [2.05, 4.69) is 5.32 Å². The van der Waals surface area contributed by atoms with Crippen molar-refractivity contribution in [3.05, 3.63) is 75.7 Å². The summed E-state index contributed by atoms with van der Waals surface area (Å²) < 4.78 is 20.5. The molecule has 0 bridgehead atoms. The van der Waals surface area contributed by atoms with Gasteiger partial charge in [-0.05, 0) is 42.0 Å². The molecule has 31 heavy (non-hydrogen) atoms.